The Morgan fingerprint density at radius 3 is 2.86 bits per heavy atom. The lowest BCUT2D eigenvalue weighted by Crippen LogP contribution is -2.45. The SMILES string of the molecule is C=CCCC(C)NCC1CCCN(C(=O)OC(C)(C)C)C1. The minimum Gasteiger partial charge on any atom is -0.444 e. The number of nitrogens with one attached hydrogen (secondary N) is 1. The predicted molar refractivity (Wildman–Crippen MR) is 87.4 cm³/mol. The van der Waals surface area contributed by atoms with E-state index in [0.717, 1.165) is 38.9 Å². The largest absolute Gasteiger partial charge is 0.444 e. The molecule has 0 aliphatic carbocycles. The third kappa shape index (κ3) is 7.51. The average Bonchev–Trinajstić information content (AvgIpc) is 2.41. The van der Waals surface area contributed by atoms with Crippen LogP contribution >= 0.6 is 0 Å². The molecule has 2 atom stereocenters. The maximum Gasteiger partial charge on any atom is 0.410 e. The first kappa shape index (κ1) is 18.0. The molecule has 21 heavy (non-hydrogen) atoms. The molecule has 1 amide bonds. The molecule has 0 saturated carbocycles. The number of piperidine rings is 1. The number of likely N-dealkylation sites (tertiary alicyclic amines) is 1. The molecule has 1 heterocycles. The predicted octanol–water partition coefficient (Wildman–Crippen LogP) is 3.58. The summed E-state index contributed by atoms with van der Waals surface area (Å²) in [6, 6.07) is 0.500. The van der Waals surface area contributed by atoms with Crippen molar-refractivity contribution in [1.29, 1.82) is 0 Å². The summed E-state index contributed by atoms with van der Waals surface area (Å²) < 4.78 is 5.46. The van der Waals surface area contributed by atoms with Crippen LogP contribution in [0.4, 0.5) is 4.79 Å². The number of allylic oxidation sites excluding steroid dienone is 1. The van der Waals surface area contributed by atoms with Crippen LogP contribution in [0.2, 0.25) is 0 Å². The standard InChI is InChI=1S/C17H32N2O2/c1-6-7-9-14(2)18-12-15-10-8-11-19(13-15)16(20)21-17(3,4)5/h6,14-15,18H,1,7-13H2,2-5H3. The second-order valence-electron chi connectivity index (χ2n) is 7.11. The summed E-state index contributed by atoms with van der Waals surface area (Å²) in [5.41, 5.74) is -0.415. The Kier molecular flexibility index (Phi) is 7.23. The van der Waals surface area contributed by atoms with E-state index in [0.29, 0.717) is 12.0 Å². The van der Waals surface area contributed by atoms with Crippen LogP contribution in [0.15, 0.2) is 12.7 Å². The van der Waals surface area contributed by atoms with Gasteiger partial charge in [0.2, 0.25) is 0 Å². The average molecular weight is 296 g/mol. The van der Waals surface area contributed by atoms with Crippen molar-refractivity contribution in [3.05, 3.63) is 12.7 Å². The summed E-state index contributed by atoms with van der Waals surface area (Å²) in [5.74, 6) is 0.525. The van der Waals surface area contributed by atoms with Gasteiger partial charge in [0.15, 0.2) is 0 Å². The first-order chi connectivity index (χ1) is 9.81. The second-order valence-corrected chi connectivity index (χ2v) is 7.11. The fraction of sp³-hybridized carbons (Fsp3) is 0.824. The summed E-state index contributed by atoms with van der Waals surface area (Å²) in [4.78, 5) is 14.0. The Morgan fingerprint density at radius 1 is 1.52 bits per heavy atom. The van der Waals surface area contributed by atoms with Gasteiger partial charge in [-0.1, -0.05) is 6.08 Å². The van der Waals surface area contributed by atoms with Gasteiger partial charge in [-0.3, -0.25) is 0 Å². The van der Waals surface area contributed by atoms with Gasteiger partial charge in [-0.05, 0) is 65.8 Å². The van der Waals surface area contributed by atoms with E-state index < -0.39 is 5.60 Å². The van der Waals surface area contributed by atoms with Crippen LogP contribution in [0.5, 0.6) is 0 Å². The van der Waals surface area contributed by atoms with E-state index in [-0.39, 0.29) is 6.09 Å². The van der Waals surface area contributed by atoms with Crippen molar-refractivity contribution >= 4 is 6.09 Å². The van der Waals surface area contributed by atoms with Crippen LogP contribution in [0.25, 0.3) is 0 Å². The molecular weight excluding hydrogens is 264 g/mol. The third-order valence-electron chi connectivity index (χ3n) is 3.73. The Hall–Kier alpha value is -1.03. The van der Waals surface area contributed by atoms with Gasteiger partial charge in [-0.2, -0.15) is 0 Å². The van der Waals surface area contributed by atoms with Gasteiger partial charge in [0, 0.05) is 19.1 Å². The minimum atomic E-state index is -0.415. The lowest BCUT2D eigenvalue weighted by atomic mass is 9.98. The topological polar surface area (TPSA) is 41.6 Å². The van der Waals surface area contributed by atoms with E-state index in [1.807, 2.05) is 31.7 Å². The van der Waals surface area contributed by atoms with E-state index in [2.05, 4.69) is 18.8 Å². The van der Waals surface area contributed by atoms with Gasteiger partial charge in [0.05, 0.1) is 0 Å². The molecule has 1 N–H and O–H groups in total. The normalized spacial score (nSPS) is 21.0. The van der Waals surface area contributed by atoms with Crippen molar-refractivity contribution in [3.63, 3.8) is 0 Å². The molecule has 0 radical (unpaired) electrons. The maximum absolute atomic E-state index is 12.1. The quantitative estimate of drug-likeness (QED) is 0.762. The highest BCUT2D eigenvalue weighted by molar-refractivity contribution is 5.68. The van der Waals surface area contributed by atoms with Crippen LogP contribution in [-0.2, 0) is 4.74 Å². The van der Waals surface area contributed by atoms with Gasteiger partial charge < -0.3 is 15.0 Å². The minimum absolute atomic E-state index is 0.174. The summed E-state index contributed by atoms with van der Waals surface area (Å²) in [6.07, 6.45) is 6.19. The van der Waals surface area contributed by atoms with E-state index in [9.17, 15) is 4.79 Å². The molecule has 1 fully saturated rings. The highest BCUT2D eigenvalue weighted by Crippen LogP contribution is 2.19. The molecule has 2 unspecified atom stereocenters. The van der Waals surface area contributed by atoms with Gasteiger partial charge in [-0.15, -0.1) is 6.58 Å². The molecule has 0 aromatic carbocycles. The number of rotatable bonds is 6. The number of carbonyl (C=O) groups is 1. The van der Waals surface area contributed by atoms with Crippen LogP contribution in [0, 0.1) is 5.92 Å². The first-order valence-corrected chi connectivity index (χ1v) is 8.14. The Labute approximate surface area is 129 Å². The highest BCUT2D eigenvalue weighted by Gasteiger charge is 2.27. The summed E-state index contributed by atoms with van der Waals surface area (Å²) >= 11 is 0. The maximum atomic E-state index is 12.1. The zero-order valence-corrected chi connectivity index (χ0v) is 14.2. The van der Waals surface area contributed by atoms with Crippen molar-refractivity contribution in [2.45, 2.75) is 65.0 Å². The van der Waals surface area contributed by atoms with Crippen LogP contribution in [0.3, 0.4) is 0 Å². The molecule has 1 aliphatic rings. The summed E-state index contributed by atoms with van der Waals surface area (Å²) in [6.45, 7) is 14.3. The highest BCUT2D eigenvalue weighted by atomic mass is 16.6. The fourth-order valence-electron chi connectivity index (χ4n) is 2.56. The van der Waals surface area contributed by atoms with E-state index >= 15 is 0 Å². The zero-order valence-electron chi connectivity index (χ0n) is 14.2. The van der Waals surface area contributed by atoms with Crippen LogP contribution in [-0.4, -0.2) is 42.3 Å². The molecule has 4 heteroatoms. The lowest BCUT2D eigenvalue weighted by Gasteiger charge is -2.34. The molecule has 122 valence electrons. The second kappa shape index (κ2) is 8.42. The van der Waals surface area contributed by atoms with Crippen molar-refractivity contribution < 1.29 is 9.53 Å². The van der Waals surface area contributed by atoms with Crippen molar-refractivity contribution in [2.24, 2.45) is 5.92 Å². The number of hydrogen-bond acceptors (Lipinski definition) is 3. The number of ether oxygens (including phenoxy) is 1. The Morgan fingerprint density at radius 2 is 2.24 bits per heavy atom. The third-order valence-corrected chi connectivity index (χ3v) is 3.73. The van der Waals surface area contributed by atoms with Crippen molar-refractivity contribution in [3.8, 4) is 0 Å². The van der Waals surface area contributed by atoms with Crippen molar-refractivity contribution in [2.75, 3.05) is 19.6 Å². The van der Waals surface area contributed by atoms with E-state index in [1.54, 1.807) is 0 Å². The van der Waals surface area contributed by atoms with Crippen molar-refractivity contribution in [1.82, 2.24) is 10.2 Å². The molecule has 0 spiro atoms. The number of amides is 1. The Balaban J connectivity index is 2.35. The first-order valence-electron chi connectivity index (χ1n) is 8.14. The molecule has 4 nitrogen and oxygen atoms in total. The van der Waals surface area contributed by atoms with E-state index in [1.165, 1.54) is 6.42 Å². The summed E-state index contributed by atoms with van der Waals surface area (Å²) in [7, 11) is 0. The smallest absolute Gasteiger partial charge is 0.410 e. The van der Waals surface area contributed by atoms with Gasteiger partial charge >= 0.3 is 6.09 Å². The number of hydrogen-bond donors (Lipinski definition) is 1. The van der Waals surface area contributed by atoms with Gasteiger partial charge in [0.1, 0.15) is 5.60 Å². The lowest BCUT2D eigenvalue weighted by molar-refractivity contribution is 0.0165. The number of carbonyl (C=O) groups excluding carboxylic acids is 1. The molecular formula is C17H32N2O2. The summed E-state index contributed by atoms with van der Waals surface area (Å²) in [5, 5.41) is 3.57. The van der Waals surface area contributed by atoms with Gasteiger partial charge in [-0.25, -0.2) is 4.79 Å². The molecule has 1 aliphatic heterocycles. The van der Waals surface area contributed by atoms with Crippen LogP contribution < -0.4 is 5.32 Å². The molecule has 0 bridgehead atoms. The Bertz CT molecular complexity index is 336. The monoisotopic (exact) mass is 296 g/mol. The fourth-order valence-corrected chi connectivity index (χ4v) is 2.56. The van der Waals surface area contributed by atoms with E-state index in [4.69, 9.17) is 4.74 Å². The molecule has 0 aromatic heterocycles. The molecule has 1 saturated heterocycles. The molecule has 0 aromatic rings. The molecule has 1 rings (SSSR count). The van der Waals surface area contributed by atoms with Gasteiger partial charge in [0.25, 0.3) is 0 Å². The number of nitrogens with zero attached hydrogens (tertiary/aromatic N) is 1. The zero-order chi connectivity index (χ0) is 15.9. The van der Waals surface area contributed by atoms with Crippen LogP contribution in [0.1, 0.15) is 53.4 Å².